The molecule has 0 aliphatic rings. The van der Waals surface area contributed by atoms with E-state index in [9.17, 15) is 8.42 Å². The zero-order valence-electron chi connectivity index (χ0n) is 12.1. The van der Waals surface area contributed by atoms with Crippen molar-refractivity contribution in [3.63, 3.8) is 0 Å². The number of nitrogens with one attached hydrogen (secondary N) is 1. The number of nitrogens with zero attached hydrogens (tertiary/aromatic N) is 1. The van der Waals surface area contributed by atoms with Gasteiger partial charge in [-0.15, -0.1) is 0 Å². The minimum atomic E-state index is -3.61. The molecule has 0 bridgehead atoms. The summed E-state index contributed by atoms with van der Waals surface area (Å²) < 4.78 is 26.0. The van der Waals surface area contributed by atoms with Crippen molar-refractivity contribution < 1.29 is 8.42 Å². The van der Waals surface area contributed by atoms with Crippen LogP contribution in [0.4, 0.5) is 0 Å². The van der Waals surface area contributed by atoms with Gasteiger partial charge in [-0.2, -0.15) is 0 Å². The van der Waals surface area contributed by atoms with Crippen molar-refractivity contribution in [1.82, 2.24) is 9.62 Å². The fourth-order valence-electron chi connectivity index (χ4n) is 1.59. The number of halogens is 2. The first-order chi connectivity index (χ1) is 9.20. The van der Waals surface area contributed by atoms with Crippen molar-refractivity contribution in [2.24, 2.45) is 0 Å². The molecule has 0 radical (unpaired) electrons. The standard InChI is InChI=1S/C13H20Cl2N2O2S/c1-5-17(4)20(18,19)12-7-11(14)6-10(13(12)15)8-16-9(2)3/h6-7,9,16H,5,8H2,1-4H3. The van der Waals surface area contributed by atoms with Crippen molar-refractivity contribution in [2.75, 3.05) is 13.6 Å². The average Bonchev–Trinajstić information content (AvgIpc) is 2.37. The Kier molecular flexibility index (Phi) is 6.28. The molecule has 0 saturated heterocycles. The minimum Gasteiger partial charge on any atom is -0.310 e. The molecular weight excluding hydrogens is 319 g/mol. The first-order valence-corrected chi connectivity index (χ1v) is 8.57. The zero-order valence-corrected chi connectivity index (χ0v) is 14.4. The molecule has 1 rings (SSSR count). The molecule has 0 saturated carbocycles. The second-order valence-electron chi connectivity index (χ2n) is 4.83. The third kappa shape index (κ3) is 4.09. The lowest BCUT2D eigenvalue weighted by atomic mass is 10.2. The summed E-state index contributed by atoms with van der Waals surface area (Å²) in [4.78, 5) is 0.0524. The Hall–Kier alpha value is -0.330. The van der Waals surface area contributed by atoms with Crippen LogP contribution in [0.5, 0.6) is 0 Å². The maximum Gasteiger partial charge on any atom is 0.244 e. The maximum atomic E-state index is 12.4. The second kappa shape index (κ2) is 7.09. The SMILES string of the molecule is CCN(C)S(=O)(=O)c1cc(Cl)cc(CNC(C)C)c1Cl. The smallest absolute Gasteiger partial charge is 0.244 e. The van der Waals surface area contributed by atoms with E-state index in [0.717, 1.165) is 0 Å². The van der Waals surface area contributed by atoms with E-state index in [1.807, 2.05) is 13.8 Å². The van der Waals surface area contributed by atoms with E-state index in [1.165, 1.54) is 17.4 Å². The molecule has 0 heterocycles. The van der Waals surface area contributed by atoms with Gasteiger partial charge in [-0.05, 0) is 17.7 Å². The first kappa shape index (κ1) is 17.7. The lowest BCUT2D eigenvalue weighted by Gasteiger charge is -2.18. The maximum absolute atomic E-state index is 12.4. The largest absolute Gasteiger partial charge is 0.310 e. The van der Waals surface area contributed by atoms with Gasteiger partial charge in [0.2, 0.25) is 10.0 Å². The highest BCUT2D eigenvalue weighted by Gasteiger charge is 2.24. The number of sulfonamides is 1. The summed E-state index contributed by atoms with van der Waals surface area (Å²) >= 11 is 12.3. The summed E-state index contributed by atoms with van der Waals surface area (Å²) in [6.07, 6.45) is 0. The lowest BCUT2D eigenvalue weighted by Crippen LogP contribution is -2.27. The Balaban J connectivity index is 3.28. The summed E-state index contributed by atoms with van der Waals surface area (Å²) in [5.74, 6) is 0. The molecule has 0 aliphatic carbocycles. The van der Waals surface area contributed by atoms with Crippen molar-refractivity contribution >= 4 is 33.2 Å². The van der Waals surface area contributed by atoms with E-state index in [4.69, 9.17) is 23.2 Å². The van der Waals surface area contributed by atoms with E-state index < -0.39 is 10.0 Å². The fourth-order valence-corrected chi connectivity index (χ4v) is 3.67. The van der Waals surface area contributed by atoms with Gasteiger partial charge in [-0.1, -0.05) is 44.0 Å². The van der Waals surface area contributed by atoms with Gasteiger partial charge in [0.25, 0.3) is 0 Å². The number of benzene rings is 1. The van der Waals surface area contributed by atoms with Crippen LogP contribution >= 0.6 is 23.2 Å². The Morgan fingerprint density at radius 2 is 1.90 bits per heavy atom. The molecule has 114 valence electrons. The van der Waals surface area contributed by atoms with Gasteiger partial charge in [-0.3, -0.25) is 0 Å². The van der Waals surface area contributed by atoms with E-state index in [0.29, 0.717) is 23.7 Å². The molecule has 0 amide bonds. The normalized spacial score (nSPS) is 12.4. The summed E-state index contributed by atoms with van der Waals surface area (Å²) in [6, 6.07) is 3.34. The van der Waals surface area contributed by atoms with Crippen molar-refractivity contribution in [3.05, 3.63) is 27.7 Å². The van der Waals surface area contributed by atoms with E-state index >= 15 is 0 Å². The molecule has 1 N–H and O–H groups in total. The summed E-state index contributed by atoms with van der Waals surface area (Å²) in [5, 5.41) is 3.78. The predicted octanol–water partition coefficient (Wildman–Crippen LogP) is 3.13. The molecule has 0 aliphatic heterocycles. The van der Waals surface area contributed by atoms with Crippen LogP contribution in [0.2, 0.25) is 10.0 Å². The van der Waals surface area contributed by atoms with Crippen LogP contribution in [-0.2, 0) is 16.6 Å². The van der Waals surface area contributed by atoms with Gasteiger partial charge in [0, 0.05) is 31.2 Å². The molecule has 0 fully saturated rings. The van der Waals surface area contributed by atoms with Crippen LogP contribution in [0, 0.1) is 0 Å². The highest BCUT2D eigenvalue weighted by Crippen LogP contribution is 2.31. The highest BCUT2D eigenvalue weighted by molar-refractivity contribution is 7.89. The van der Waals surface area contributed by atoms with E-state index in [1.54, 1.807) is 13.0 Å². The molecule has 4 nitrogen and oxygen atoms in total. The molecule has 1 aromatic carbocycles. The Morgan fingerprint density at radius 3 is 2.40 bits per heavy atom. The average molecular weight is 339 g/mol. The van der Waals surface area contributed by atoms with Crippen LogP contribution < -0.4 is 5.32 Å². The van der Waals surface area contributed by atoms with Gasteiger partial charge < -0.3 is 5.32 Å². The first-order valence-electron chi connectivity index (χ1n) is 6.37. The zero-order chi connectivity index (χ0) is 15.5. The fraction of sp³-hybridized carbons (Fsp3) is 0.538. The third-order valence-electron chi connectivity index (χ3n) is 2.91. The minimum absolute atomic E-state index is 0.0524. The van der Waals surface area contributed by atoms with Gasteiger partial charge in [-0.25, -0.2) is 12.7 Å². The van der Waals surface area contributed by atoms with Crippen LogP contribution in [0.15, 0.2) is 17.0 Å². The Bertz CT molecular complexity index is 574. The second-order valence-corrected chi connectivity index (χ2v) is 7.66. The monoisotopic (exact) mass is 338 g/mol. The van der Waals surface area contributed by atoms with E-state index in [2.05, 4.69) is 5.32 Å². The molecule has 0 spiro atoms. The molecule has 20 heavy (non-hydrogen) atoms. The quantitative estimate of drug-likeness (QED) is 0.866. The van der Waals surface area contributed by atoms with Crippen LogP contribution in [0.25, 0.3) is 0 Å². The van der Waals surface area contributed by atoms with Crippen LogP contribution in [-0.4, -0.2) is 32.4 Å². The molecule has 0 unspecified atom stereocenters. The molecule has 1 aromatic rings. The van der Waals surface area contributed by atoms with Crippen LogP contribution in [0.1, 0.15) is 26.3 Å². The summed E-state index contributed by atoms with van der Waals surface area (Å²) in [5.41, 5.74) is 0.677. The summed E-state index contributed by atoms with van der Waals surface area (Å²) in [7, 11) is -2.10. The molecule has 7 heteroatoms. The number of hydrogen-bond acceptors (Lipinski definition) is 3. The Morgan fingerprint density at radius 1 is 1.30 bits per heavy atom. The van der Waals surface area contributed by atoms with Gasteiger partial charge >= 0.3 is 0 Å². The summed E-state index contributed by atoms with van der Waals surface area (Å²) in [6.45, 7) is 6.60. The topological polar surface area (TPSA) is 49.4 Å². The van der Waals surface area contributed by atoms with E-state index in [-0.39, 0.29) is 16.0 Å². The Labute approximate surface area is 131 Å². The highest BCUT2D eigenvalue weighted by atomic mass is 35.5. The van der Waals surface area contributed by atoms with Crippen molar-refractivity contribution in [2.45, 2.75) is 38.3 Å². The van der Waals surface area contributed by atoms with Gasteiger partial charge in [0.1, 0.15) is 4.90 Å². The van der Waals surface area contributed by atoms with Crippen LogP contribution in [0.3, 0.4) is 0 Å². The van der Waals surface area contributed by atoms with Gasteiger partial charge in [0.15, 0.2) is 0 Å². The number of rotatable bonds is 6. The molecular formula is C13H20Cl2N2O2S. The van der Waals surface area contributed by atoms with Crippen molar-refractivity contribution in [3.8, 4) is 0 Å². The third-order valence-corrected chi connectivity index (χ3v) is 5.65. The molecule has 0 atom stereocenters. The lowest BCUT2D eigenvalue weighted by molar-refractivity contribution is 0.486. The molecule has 0 aromatic heterocycles. The van der Waals surface area contributed by atoms with Crippen molar-refractivity contribution in [1.29, 1.82) is 0 Å². The van der Waals surface area contributed by atoms with Gasteiger partial charge in [0.05, 0.1) is 5.02 Å². The predicted molar refractivity (Wildman–Crippen MR) is 83.9 cm³/mol. The number of hydrogen-bond donors (Lipinski definition) is 1.